The Kier molecular flexibility index (Phi) is 4.85. The Morgan fingerprint density at radius 2 is 1.40 bits per heavy atom. The zero-order valence-electron chi connectivity index (χ0n) is 11.9. The molecule has 0 saturated heterocycles. The fourth-order valence-electron chi connectivity index (χ4n) is 2.21. The molecule has 0 heterocycles. The van der Waals surface area contributed by atoms with Gasteiger partial charge in [0.05, 0.1) is 11.4 Å². The third-order valence-corrected chi connectivity index (χ3v) is 3.21. The number of anilines is 2. The number of nitrogens with zero attached hydrogens (tertiary/aromatic N) is 3. The van der Waals surface area contributed by atoms with E-state index in [1.807, 2.05) is 30.3 Å². The van der Waals surface area contributed by atoms with Crippen molar-refractivity contribution in [3.05, 3.63) is 59.5 Å². The number of hydrogen-bond acceptors (Lipinski definition) is 4. The summed E-state index contributed by atoms with van der Waals surface area (Å²) < 4.78 is 0. The maximum Gasteiger partial charge on any atom is 0.108 e. The van der Waals surface area contributed by atoms with Crippen molar-refractivity contribution in [3.63, 3.8) is 0 Å². The SMILES string of the molecule is CCN(CC)N(c1ccccc1)c1ccc(N=O)cc1. The second-order valence-electron chi connectivity index (χ2n) is 4.39. The summed E-state index contributed by atoms with van der Waals surface area (Å²) in [5.74, 6) is 0. The molecule has 0 N–H and O–H groups in total. The number of para-hydroxylation sites is 1. The number of rotatable bonds is 6. The molecule has 4 nitrogen and oxygen atoms in total. The predicted molar refractivity (Wildman–Crippen MR) is 83.4 cm³/mol. The summed E-state index contributed by atoms with van der Waals surface area (Å²) in [4.78, 5) is 10.5. The fraction of sp³-hybridized carbons (Fsp3) is 0.250. The van der Waals surface area contributed by atoms with Crippen molar-refractivity contribution in [2.75, 3.05) is 18.1 Å². The van der Waals surface area contributed by atoms with E-state index in [1.165, 1.54) is 0 Å². The minimum atomic E-state index is 0.446. The van der Waals surface area contributed by atoms with Crippen LogP contribution >= 0.6 is 0 Å². The van der Waals surface area contributed by atoms with E-state index in [0.717, 1.165) is 24.5 Å². The van der Waals surface area contributed by atoms with Crippen LogP contribution in [0.25, 0.3) is 0 Å². The van der Waals surface area contributed by atoms with Gasteiger partial charge in [-0.05, 0) is 41.6 Å². The first-order valence-electron chi connectivity index (χ1n) is 6.83. The van der Waals surface area contributed by atoms with Gasteiger partial charge < -0.3 is 0 Å². The highest BCUT2D eigenvalue weighted by Gasteiger charge is 2.15. The van der Waals surface area contributed by atoms with E-state index in [4.69, 9.17) is 0 Å². The van der Waals surface area contributed by atoms with Crippen molar-refractivity contribution in [2.45, 2.75) is 13.8 Å². The molecular formula is C16H19N3O. The third-order valence-electron chi connectivity index (χ3n) is 3.21. The quantitative estimate of drug-likeness (QED) is 0.573. The molecule has 0 amide bonds. The summed E-state index contributed by atoms with van der Waals surface area (Å²) in [5.41, 5.74) is 2.57. The molecule has 0 radical (unpaired) electrons. The topological polar surface area (TPSA) is 35.9 Å². The Morgan fingerprint density at radius 3 is 1.90 bits per heavy atom. The maximum atomic E-state index is 10.5. The zero-order chi connectivity index (χ0) is 14.4. The second kappa shape index (κ2) is 6.82. The summed E-state index contributed by atoms with van der Waals surface area (Å²) >= 11 is 0. The second-order valence-corrected chi connectivity index (χ2v) is 4.39. The largest absolute Gasteiger partial charge is 0.274 e. The van der Waals surface area contributed by atoms with E-state index < -0.39 is 0 Å². The normalized spacial score (nSPS) is 10.6. The molecule has 104 valence electrons. The van der Waals surface area contributed by atoms with Gasteiger partial charge in [0, 0.05) is 13.1 Å². The highest BCUT2D eigenvalue weighted by Crippen LogP contribution is 2.28. The molecule has 0 spiro atoms. The Bertz CT molecular complexity index is 535. The number of hydrogen-bond donors (Lipinski definition) is 0. The minimum Gasteiger partial charge on any atom is -0.274 e. The van der Waals surface area contributed by atoms with Gasteiger partial charge in [-0.1, -0.05) is 32.0 Å². The summed E-state index contributed by atoms with van der Waals surface area (Å²) in [6, 6.07) is 17.5. The minimum absolute atomic E-state index is 0.446. The van der Waals surface area contributed by atoms with Crippen molar-refractivity contribution >= 4 is 17.1 Å². The van der Waals surface area contributed by atoms with Gasteiger partial charge in [-0.2, -0.15) is 0 Å². The van der Waals surface area contributed by atoms with Gasteiger partial charge in [-0.15, -0.1) is 4.91 Å². The molecule has 0 saturated carbocycles. The molecule has 0 aliphatic rings. The number of hydrazine groups is 1. The molecule has 2 aromatic carbocycles. The molecule has 0 aliphatic heterocycles. The monoisotopic (exact) mass is 269 g/mol. The van der Waals surface area contributed by atoms with Crippen LogP contribution in [0.5, 0.6) is 0 Å². The first kappa shape index (κ1) is 14.2. The standard InChI is InChI=1S/C16H19N3O/c1-3-18(4-2)19(15-8-6-5-7-9-15)16-12-10-14(17-20)11-13-16/h5-13H,3-4H2,1-2H3. The van der Waals surface area contributed by atoms with Crippen LogP contribution in [0.1, 0.15) is 13.8 Å². The summed E-state index contributed by atoms with van der Waals surface area (Å²) in [6.07, 6.45) is 0. The van der Waals surface area contributed by atoms with Gasteiger partial charge in [-0.25, -0.2) is 5.01 Å². The molecule has 0 atom stereocenters. The Hall–Kier alpha value is -2.20. The van der Waals surface area contributed by atoms with Crippen LogP contribution in [0.4, 0.5) is 17.1 Å². The summed E-state index contributed by atoms with van der Waals surface area (Å²) in [6.45, 7) is 6.06. The average Bonchev–Trinajstić information content (AvgIpc) is 2.53. The van der Waals surface area contributed by atoms with E-state index >= 15 is 0 Å². The van der Waals surface area contributed by atoms with Crippen LogP contribution in [-0.4, -0.2) is 18.1 Å². The first-order chi connectivity index (χ1) is 9.80. The molecule has 4 heteroatoms. The molecule has 0 unspecified atom stereocenters. The molecular weight excluding hydrogens is 250 g/mol. The Balaban J connectivity index is 2.42. The first-order valence-corrected chi connectivity index (χ1v) is 6.83. The van der Waals surface area contributed by atoms with E-state index in [2.05, 4.69) is 41.2 Å². The van der Waals surface area contributed by atoms with Crippen LogP contribution in [-0.2, 0) is 0 Å². The lowest BCUT2D eigenvalue weighted by Gasteiger charge is -2.35. The van der Waals surface area contributed by atoms with Gasteiger partial charge in [0.15, 0.2) is 0 Å². The maximum absolute atomic E-state index is 10.5. The van der Waals surface area contributed by atoms with Gasteiger partial charge >= 0.3 is 0 Å². The van der Waals surface area contributed by atoms with Crippen molar-refractivity contribution in [2.24, 2.45) is 5.18 Å². The average molecular weight is 269 g/mol. The fourth-order valence-corrected chi connectivity index (χ4v) is 2.21. The van der Waals surface area contributed by atoms with Crippen LogP contribution in [0.3, 0.4) is 0 Å². The van der Waals surface area contributed by atoms with Gasteiger partial charge in [0.25, 0.3) is 0 Å². The molecule has 2 aromatic rings. The van der Waals surface area contributed by atoms with Crippen LogP contribution < -0.4 is 5.01 Å². The summed E-state index contributed by atoms with van der Waals surface area (Å²) in [7, 11) is 0. The predicted octanol–water partition coefficient (Wildman–Crippen LogP) is 4.48. The highest BCUT2D eigenvalue weighted by atomic mass is 16.3. The van der Waals surface area contributed by atoms with Crippen LogP contribution in [0, 0.1) is 4.91 Å². The molecule has 0 bridgehead atoms. The van der Waals surface area contributed by atoms with E-state index in [1.54, 1.807) is 12.1 Å². The zero-order valence-corrected chi connectivity index (χ0v) is 11.9. The van der Waals surface area contributed by atoms with E-state index in [9.17, 15) is 4.91 Å². The lowest BCUT2D eigenvalue weighted by Crippen LogP contribution is -2.39. The lowest BCUT2D eigenvalue weighted by atomic mass is 10.2. The van der Waals surface area contributed by atoms with Crippen molar-refractivity contribution in [3.8, 4) is 0 Å². The van der Waals surface area contributed by atoms with Gasteiger partial charge in [0.2, 0.25) is 0 Å². The molecule has 0 fully saturated rings. The van der Waals surface area contributed by atoms with Crippen LogP contribution in [0.15, 0.2) is 59.8 Å². The molecule has 2 rings (SSSR count). The third kappa shape index (κ3) is 3.03. The van der Waals surface area contributed by atoms with Crippen molar-refractivity contribution in [1.29, 1.82) is 0 Å². The lowest BCUT2D eigenvalue weighted by molar-refractivity contribution is 0.309. The highest BCUT2D eigenvalue weighted by molar-refractivity contribution is 5.63. The van der Waals surface area contributed by atoms with Crippen molar-refractivity contribution in [1.82, 2.24) is 5.01 Å². The van der Waals surface area contributed by atoms with Gasteiger partial charge in [-0.3, -0.25) is 5.01 Å². The Morgan fingerprint density at radius 1 is 0.850 bits per heavy atom. The van der Waals surface area contributed by atoms with Crippen LogP contribution in [0.2, 0.25) is 0 Å². The van der Waals surface area contributed by atoms with Crippen molar-refractivity contribution < 1.29 is 0 Å². The van der Waals surface area contributed by atoms with E-state index in [-0.39, 0.29) is 0 Å². The van der Waals surface area contributed by atoms with E-state index in [0.29, 0.717) is 5.69 Å². The molecule has 0 aromatic heterocycles. The Labute approximate surface area is 119 Å². The molecule has 0 aliphatic carbocycles. The molecule has 20 heavy (non-hydrogen) atoms. The van der Waals surface area contributed by atoms with Gasteiger partial charge in [0.1, 0.15) is 5.69 Å². The smallest absolute Gasteiger partial charge is 0.108 e. The number of benzene rings is 2. The number of nitroso groups, excluding NO2 is 1. The summed E-state index contributed by atoms with van der Waals surface area (Å²) in [5, 5.41) is 7.34.